The molecule has 0 aliphatic rings. The lowest BCUT2D eigenvalue weighted by molar-refractivity contribution is -0.136. The molecule has 0 radical (unpaired) electrons. The number of ether oxygens (including phenoxy) is 2. The molecule has 6 nitrogen and oxygen atoms in total. The number of rotatable bonds is 5. The Morgan fingerprint density at radius 2 is 1.74 bits per heavy atom. The molecule has 0 saturated heterocycles. The molecule has 0 aliphatic carbocycles. The smallest absolute Gasteiger partial charge is 0.349 e. The fraction of sp³-hybridized carbons (Fsp3) is 0.0714. The molecule has 122 valence electrons. The van der Waals surface area contributed by atoms with Crippen LogP contribution in [0, 0.1) is 7.14 Å². The average Bonchev–Trinajstić information content (AvgIpc) is 2.46. The van der Waals surface area contributed by atoms with Gasteiger partial charge in [-0.1, -0.05) is 0 Å². The maximum absolute atomic E-state index is 11.7. The highest BCUT2D eigenvalue weighted by Crippen LogP contribution is 2.23. The van der Waals surface area contributed by atoms with Crippen molar-refractivity contribution in [1.82, 2.24) is 0 Å². The molecule has 0 unspecified atom stereocenters. The standard InChI is InChI=1S/C14H10I2O6S/c15-9-1-6-13(12(16)7-9)21-8-14(17)22-10-2-4-11(5-3-10)23(18,19)20/h1-7H,8H2,(H,18,19,20)/p-1. The Kier molecular flexibility index (Phi) is 6.22. The molecule has 23 heavy (non-hydrogen) atoms. The first kappa shape index (κ1) is 18.4. The molecule has 0 aliphatic heterocycles. The third-order valence-electron chi connectivity index (χ3n) is 2.58. The van der Waals surface area contributed by atoms with Crippen molar-refractivity contribution in [3.05, 3.63) is 49.6 Å². The lowest BCUT2D eigenvalue weighted by atomic mass is 10.3. The zero-order chi connectivity index (χ0) is 17.0. The summed E-state index contributed by atoms with van der Waals surface area (Å²) in [5.41, 5.74) is 0. The van der Waals surface area contributed by atoms with Crippen LogP contribution < -0.4 is 9.47 Å². The molecule has 0 heterocycles. The molecular formula is C14H9I2O6S-. The number of hydrogen-bond acceptors (Lipinski definition) is 6. The van der Waals surface area contributed by atoms with Gasteiger partial charge in [0.2, 0.25) is 0 Å². The Morgan fingerprint density at radius 3 is 2.30 bits per heavy atom. The Bertz CT molecular complexity index is 818. The summed E-state index contributed by atoms with van der Waals surface area (Å²) in [4.78, 5) is 11.3. The topological polar surface area (TPSA) is 92.7 Å². The van der Waals surface area contributed by atoms with Crippen molar-refractivity contribution >= 4 is 61.3 Å². The summed E-state index contributed by atoms with van der Waals surface area (Å²) in [5, 5.41) is 0. The normalized spacial score (nSPS) is 11.1. The average molecular weight is 559 g/mol. The molecular weight excluding hydrogens is 550 g/mol. The van der Waals surface area contributed by atoms with Crippen molar-refractivity contribution in [2.75, 3.05) is 6.61 Å². The van der Waals surface area contributed by atoms with Gasteiger partial charge >= 0.3 is 5.97 Å². The van der Waals surface area contributed by atoms with Gasteiger partial charge in [0, 0.05) is 3.57 Å². The Hall–Kier alpha value is -0.920. The second-order valence-corrected chi connectivity index (χ2v) is 8.05. The van der Waals surface area contributed by atoms with Crippen LogP contribution in [0.5, 0.6) is 11.5 Å². The first-order chi connectivity index (χ1) is 10.8. The van der Waals surface area contributed by atoms with E-state index in [1.807, 2.05) is 12.1 Å². The van der Waals surface area contributed by atoms with Gasteiger partial charge < -0.3 is 14.0 Å². The summed E-state index contributed by atoms with van der Waals surface area (Å²) in [6, 6.07) is 10.1. The largest absolute Gasteiger partial charge is 0.744 e. The van der Waals surface area contributed by atoms with Crippen LogP contribution in [0.4, 0.5) is 0 Å². The lowest BCUT2D eigenvalue weighted by Crippen LogP contribution is -2.18. The molecule has 0 atom stereocenters. The first-order valence-electron chi connectivity index (χ1n) is 6.10. The van der Waals surface area contributed by atoms with E-state index in [0.29, 0.717) is 5.75 Å². The van der Waals surface area contributed by atoms with E-state index in [2.05, 4.69) is 45.2 Å². The van der Waals surface area contributed by atoms with Gasteiger partial charge in [0.05, 0.1) is 8.47 Å². The highest BCUT2D eigenvalue weighted by atomic mass is 127. The van der Waals surface area contributed by atoms with Crippen molar-refractivity contribution in [1.29, 1.82) is 0 Å². The molecule has 2 rings (SSSR count). The van der Waals surface area contributed by atoms with E-state index in [0.717, 1.165) is 19.3 Å². The molecule has 0 fully saturated rings. The van der Waals surface area contributed by atoms with Gasteiger partial charge in [-0.15, -0.1) is 0 Å². The fourth-order valence-electron chi connectivity index (χ4n) is 1.56. The third kappa shape index (κ3) is 5.58. The van der Waals surface area contributed by atoms with Crippen LogP contribution in [0.2, 0.25) is 0 Å². The molecule has 0 saturated carbocycles. The van der Waals surface area contributed by atoms with Crippen LogP contribution in [-0.2, 0) is 14.9 Å². The molecule has 0 spiro atoms. The lowest BCUT2D eigenvalue weighted by Gasteiger charge is -2.10. The summed E-state index contributed by atoms with van der Waals surface area (Å²) in [5.74, 6) is 0.0520. The maximum atomic E-state index is 11.7. The number of esters is 1. The third-order valence-corrected chi connectivity index (χ3v) is 4.95. The minimum Gasteiger partial charge on any atom is -0.744 e. The van der Waals surface area contributed by atoms with Gasteiger partial charge in [0.1, 0.15) is 21.6 Å². The molecule has 2 aromatic rings. The van der Waals surface area contributed by atoms with Crippen LogP contribution in [0.25, 0.3) is 0 Å². The molecule has 0 amide bonds. The Morgan fingerprint density at radius 1 is 1.09 bits per heavy atom. The van der Waals surface area contributed by atoms with Gasteiger partial charge in [-0.05, 0) is 87.6 Å². The quantitative estimate of drug-likeness (QED) is 0.242. The number of halogens is 2. The molecule has 9 heteroatoms. The summed E-state index contributed by atoms with van der Waals surface area (Å²) >= 11 is 4.27. The van der Waals surface area contributed by atoms with Gasteiger partial charge in [-0.2, -0.15) is 0 Å². The van der Waals surface area contributed by atoms with Gasteiger partial charge in [-0.3, -0.25) is 0 Å². The molecule has 2 aromatic carbocycles. The number of benzene rings is 2. The maximum Gasteiger partial charge on any atom is 0.349 e. The van der Waals surface area contributed by atoms with Crippen molar-refractivity contribution in [2.24, 2.45) is 0 Å². The Balaban J connectivity index is 1.94. The van der Waals surface area contributed by atoms with Crippen LogP contribution in [0.15, 0.2) is 47.4 Å². The van der Waals surface area contributed by atoms with Crippen molar-refractivity contribution in [3.8, 4) is 11.5 Å². The van der Waals surface area contributed by atoms with Gasteiger partial charge in [0.15, 0.2) is 6.61 Å². The van der Waals surface area contributed by atoms with Crippen molar-refractivity contribution < 1.29 is 27.2 Å². The van der Waals surface area contributed by atoms with E-state index in [9.17, 15) is 17.8 Å². The summed E-state index contributed by atoms with van der Waals surface area (Å²) in [6.07, 6.45) is 0. The van der Waals surface area contributed by atoms with Crippen LogP contribution in [0.3, 0.4) is 0 Å². The highest BCUT2D eigenvalue weighted by molar-refractivity contribution is 14.1. The van der Waals surface area contributed by atoms with Gasteiger partial charge in [0.25, 0.3) is 0 Å². The molecule has 0 aromatic heterocycles. The van der Waals surface area contributed by atoms with E-state index in [1.54, 1.807) is 6.07 Å². The SMILES string of the molecule is O=C(COc1ccc(I)cc1I)Oc1ccc(S(=O)(=O)[O-])cc1. The highest BCUT2D eigenvalue weighted by Gasteiger charge is 2.09. The number of carbonyl (C=O) groups excluding carboxylic acids is 1. The minimum atomic E-state index is -4.52. The van der Waals surface area contributed by atoms with Crippen molar-refractivity contribution in [3.63, 3.8) is 0 Å². The second kappa shape index (κ2) is 7.77. The number of carbonyl (C=O) groups is 1. The molecule has 0 bridgehead atoms. The number of hydrogen-bond donors (Lipinski definition) is 0. The summed E-state index contributed by atoms with van der Waals surface area (Å²) in [7, 11) is -4.52. The van der Waals surface area contributed by atoms with Crippen LogP contribution in [0.1, 0.15) is 0 Å². The summed E-state index contributed by atoms with van der Waals surface area (Å²) < 4.78 is 44.7. The molecule has 0 N–H and O–H groups in total. The van der Waals surface area contributed by atoms with Crippen LogP contribution in [-0.4, -0.2) is 25.5 Å². The fourth-order valence-corrected chi connectivity index (χ4v) is 3.79. The predicted octanol–water partition coefficient (Wildman–Crippen LogP) is 2.78. The van der Waals surface area contributed by atoms with E-state index in [4.69, 9.17) is 9.47 Å². The van der Waals surface area contributed by atoms with E-state index in [-0.39, 0.29) is 17.3 Å². The van der Waals surface area contributed by atoms with Gasteiger partial charge in [-0.25, -0.2) is 13.2 Å². The monoisotopic (exact) mass is 559 g/mol. The minimum absolute atomic E-state index is 0.128. The van der Waals surface area contributed by atoms with Crippen LogP contribution >= 0.6 is 45.2 Å². The van der Waals surface area contributed by atoms with Crippen molar-refractivity contribution in [2.45, 2.75) is 4.90 Å². The second-order valence-electron chi connectivity index (χ2n) is 4.26. The predicted molar refractivity (Wildman–Crippen MR) is 97.4 cm³/mol. The first-order valence-corrected chi connectivity index (χ1v) is 9.67. The van der Waals surface area contributed by atoms with E-state index >= 15 is 0 Å². The zero-order valence-electron chi connectivity index (χ0n) is 11.4. The zero-order valence-corrected chi connectivity index (χ0v) is 16.5. The van der Waals surface area contributed by atoms with E-state index in [1.165, 1.54) is 12.1 Å². The van der Waals surface area contributed by atoms with E-state index < -0.39 is 16.1 Å². The Labute approximate surface area is 160 Å². The summed E-state index contributed by atoms with van der Waals surface area (Å²) in [6.45, 7) is -0.293.